The minimum Gasteiger partial charge on any atom is -0.314 e. The molecular weight excluding hydrogens is 232 g/mol. The second-order valence-electron chi connectivity index (χ2n) is 8.31. The molecule has 0 unspecified atom stereocenters. The molecule has 4 bridgehead atoms. The van der Waals surface area contributed by atoms with Gasteiger partial charge in [0.2, 0.25) is 0 Å². The van der Waals surface area contributed by atoms with Crippen LogP contribution in [-0.2, 0) is 0 Å². The van der Waals surface area contributed by atoms with Crippen molar-refractivity contribution >= 4 is 0 Å². The lowest BCUT2D eigenvalue weighted by atomic mass is 9.47. The summed E-state index contributed by atoms with van der Waals surface area (Å²) in [5.41, 5.74) is 0.552. The van der Waals surface area contributed by atoms with Gasteiger partial charge in [-0.3, -0.25) is 4.90 Å². The van der Waals surface area contributed by atoms with E-state index in [1.54, 1.807) is 32.1 Å². The summed E-state index contributed by atoms with van der Waals surface area (Å²) in [6, 6.07) is 0. The molecule has 2 heteroatoms. The van der Waals surface area contributed by atoms with Crippen molar-refractivity contribution in [3.05, 3.63) is 0 Å². The molecule has 4 aliphatic carbocycles. The summed E-state index contributed by atoms with van der Waals surface area (Å²) in [5.74, 6) is 5.02. The number of hydrogen-bond donors (Lipinski definition) is 1. The molecule has 4 saturated carbocycles. The molecule has 1 N–H and O–H groups in total. The molecule has 1 spiro atoms. The van der Waals surface area contributed by atoms with Gasteiger partial charge in [0, 0.05) is 31.7 Å². The molecule has 108 valence electrons. The number of piperazine rings is 1. The van der Waals surface area contributed by atoms with E-state index in [0.29, 0.717) is 5.54 Å². The van der Waals surface area contributed by atoms with Gasteiger partial charge in [-0.2, -0.15) is 0 Å². The van der Waals surface area contributed by atoms with E-state index in [4.69, 9.17) is 0 Å². The Labute approximate surface area is 118 Å². The first kappa shape index (κ1) is 12.6. The van der Waals surface area contributed by atoms with Crippen molar-refractivity contribution in [2.75, 3.05) is 26.2 Å². The summed E-state index contributed by atoms with van der Waals surface area (Å²) < 4.78 is 0. The van der Waals surface area contributed by atoms with Crippen molar-refractivity contribution < 1.29 is 0 Å². The summed E-state index contributed by atoms with van der Waals surface area (Å²) >= 11 is 0. The van der Waals surface area contributed by atoms with E-state index >= 15 is 0 Å². The smallest absolute Gasteiger partial charge is 0.0391 e. The van der Waals surface area contributed by atoms with Gasteiger partial charge in [-0.25, -0.2) is 0 Å². The third-order valence-corrected chi connectivity index (χ3v) is 6.69. The van der Waals surface area contributed by atoms with E-state index in [9.17, 15) is 0 Å². The van der Waals surface area contributed by atoms with Crippen molar-refractivity contribution in [2.45, 2.75) is 51.5 Å². The van der Waals surface area contributed by atoms with Crippen LogP contribution in [0.5, 0.6) is 0 Å². The molecule has 0 amide bonds. The third-order valence-electron chi connectivity index (χ3n) is 6.69. The number of hydrogen-bond acceptors (Lipinski definition) is 2. The predicted octanol–water partition coefficient (Wildman–Crippen LogP) is 2.74. The normalized spacial score (nSPS) is 49.4. The first-order chi connectivity index (χ1) is 9.18. The average Bonchev–Trinajstić information content (AvgIpc) is 2.36. The minimum atomic E-state index is 0.552. The van der Waals surface area contributed by atoms with Crippen LogP contribution in [0.15, 0.2) is 0 Å². The molecule has 1 heterocycles. The summed E-state index contributed by atoms with van der Waals surface area (Å²) in [5, 5.41) is 3.77. The van der Waals surface area contributed by atoms with Gasteiger partial charge in [-0.05, 0) is 61.7 Å². The lowest BCUT2D eigenvalue weighted by Gasteiger charge is -2.66. The number of nitrogens with one attached hydrogen (secondary N) is 1. The number of rotatable bonds is 2. The molecule has 0 aromatic heterocycles. The van der Waals surface area contributed by atoms with Crippen molar-refractivity contribution in [1.29, 1.82) is 0 Å². The monoisotopic (exact) mass is 262 g/mol. The molecule has 2 nitrogen and oxygen atoms in total. The van der Waals surface area contributed by atoms with Crippen LogP contribution >= 0.6 is 0 Å². The van der Waals surface area contributed by atoms with Crippen molar-refractivity contribution in [2.24, 2.45) is 29.6 Å². The van der Waals surface area contributed by atoms with Gasteiger partial charge >= 0.3 is 0 Å². The van der Waals surface area contributed by atoms with Crippen molar-refractivity contribution in [3.63, 3.8) is 0 Å². The highest BCUT2D eigenvalue weighted by molar-refractivity contribution is 5.14. The molecule has 1 saturated heterocycles. The summed E-state index contributed by atoms with van der Waals surface area (Å²) in [7, 11) is 0. The van der Waals surface area contributed by atoms with Crippen molar-refractivity contribution in [1.82, 2.24) is 10.2 Å². The molecule has 1 aliphatic heterocycles. The first-order valence-electron chi connectivity index (χ1n) is 8.64. The lowest BCUT2D eigenvalue weighted by Crippen LogP contribution is -2.73. The summed E-state index contributed by atoms with van der Waals surface area (Å²) in [6.07, 6.45) is 7.75. The van der Waals surface area contributed by atoms with Crippen LogP contribution in [0.3, 0.4) is 0 Å². The van der Waals surface area contributed by atoms with Gasteiger partial charge in [0.1, 0.15) is 0 Å². The fourth-order valence-electron chi connectivity index (χ4n) is 6.33. The van der Waals surface area contributed by atoms with Gasteiger partial charge in [-0.15, -0.1) is 0 Å². The molecule has 5 rings (SSSR count). The Hall–Kier alpha value is -0.0800. The van der Waals surface area contributed by atoms with Crippen LogP contribution in [0.2, 0.25) is 0 Å². The Balaban J connectivity index is 1.66. The van der Waals surface area contributed by atoms with Crippen LogP contribution in [0.1, 0.15) is 46.0 Å². The van der Waals surface area contributed by atoms with Gasteiger partial charge in [-0.1, -0.05) is 13.8 Å². The van der Waals surface area contributed by atoms with Crippen LogP contribution in [-0.4, -0.2) is 36.6 Å². The Kier molecular flexibility index (Phi) is 2.97. The highest BCUT2D eigenvalue weighted by Crippen LogP contribution is 2.60. The second-order valence-corrected chi connectivity index (χ2v) is 8.31. The average molecular weight is 262 g/mol. The van der Waals surface area contributed by atoms with Gasteiger partial charge in [0.25, 0.3) is 0 Å². The van der Waals surface area contributed by atoms with Gasteiger partial charge in [0.15, 0.2) is 0 Å². The Bertz CT molecular complexity index is 321. The van der Waals surface area contributed by atoms with E-state index in [1.807, 2.05) is 0 Å². The summed E-state index contributed by atoms with van der Waals surface area (Å²) in [4.78, 5) is 2.93. The zero-order valence-corrected chi connectivity index (χ0v) is 12.7. The summed E-state index contributed by atoms with van der Waals surface area (Å²) in [6.45, 7) is 9.90. The molecule has 0 radical (unpaired) electrons. The molecule has 5 aliphatic rings. The van der Waals surface area contributed by atoms with E-state index < -0.39 is 0 Å². The van der Waals surface area contributed by atoms with E-state index in [0.717, 1.165) is 29.6 Å². The topological polar surface area (TPSA) is 15.3 Å². The molecule has 0 aromatic rings. The zero-order chi connectivity index (χ0) is 13.0. The second kappa shape index (κ2) is 4.46. The van der Waals surface area contributed by atoms with Gasteiger partial charge < -0.3 is 5.32 Å². The molecule has 0 aromatic carbocycles. The standard InChI is InChI=1S/C17H30N2/c1-12(2)10-19-4-3-18-11-17(19)15-6-13-5-14(8-15)9-16(17)7-13/h12-16,18H,3-11H2,1-2H3. The Morgan fingerprint density at radius 1 is 1.05 bits per heavy atom. The van der Waals surface area contributed by atoms with E-state index in [-0.39, 0.29) is 0 Å². The van der Waals surface area contributed by atoms with Crippen LogP contribution in [0, 0.1) is 29.6 Å². The maximum atomic E-state index is 3.77. The van der Waals surface area contributed by atoms with E-state index in [1.165, 1.54) is 26.2 Å². The van der Waals surface area contributed by atoms with Crippen LogP contribution < -0.4 is 5.32 Å². The third kappa shape index (κ3) is 1.82. The SMILES string of the molecule is CC(C)CN1CCNCC12C1CC3CC(C1)CC2C3. The van der Waals surface area contributed by atoms with Gasteiger partial charge in [0.05, 0.1) is 0 Å². The Morgan fingerprint density at radius 3 is 2.26 bits per heavy atom. The fraction of sp³-hybridized carbons (Fsp3) is 1.00. The maximum Gasteiger partial charge on any atom is 0.0391 e. The molecule has 0 atom stereocenters. The fourth-order valence-corrected chi connectivity index (χ4v) is 6.33. The maximum absolute atomic E-state index is 3.77. The largest absolute Gasteiger partial charge is 0.314 e. The number of nitrogens with zero attached hydrogens (tertiary/aromatic N) is 1. The Morgan fingerprint density at radius 2 is 1.68 bits per heavy atom. The highest BCUT2D eigenvalue weighted by Gasteiger charge is 2.59. The molecular formula is C17H30N2. The molecule has 5 fully saturated rings. The van der Waals surface area contributed by atoms with Crippen LogP contribution in [0.25, 0.3) is 0 Å². The van der Waals surface area contributed by atoms with E-state index in [2.05, 4.69) is 24.1 Å². The minimum absolute atomic E-state index is 0.552. The molecule has 19 heavy (non-hydrogen) atoms. The van der Waals surface area contributed by atoms with Crippen LogP contribution in [0.4, 0.5) is 0 Å². The van der Waals surface area contributed by atoms with Crippen molar-refractivity contribution in [3.8, 4) is 0 Å². The lowest BCUT2D eigenvalue weighted by molar-refractivity contribution is -0.146. The highest BCUT2D eigenvalue weighted by atomic mass is 15.3. The predicted molar refractivity (Wildman–Crippen MR) is 79.1 cm³/mol. The quantitative estimate of drug-likeness (QED) is 0.823. The zero-order valence-electron chi connectivity index (χ0n) is 12.7. The first-order valence-corrected chi connectivity index (χ1v) is 8.64.